The van der Waals surface area contributed by atoms with Crippen molar-refractivity contribution in [1.82, 2.24) is 5.32 Å². The van der Waals surface area contributed by atoms with E-state index >= 15 is 0 Å². The van der Waals surface area contributed by atoms with Crippen LogP contribution >= 0.6 is 11.8 Å². The lowest BCUT2D eigenvalue weighted by Crippen LogP contribution is -2.31. The van der Waals surface area contributed by atoms with Crippen LogP contribution in [0, 0.1) is 6.92 Å². The molecule has 0 saturated carbocycles. The van der Waals surface area contributed by atoms with E-state index in [9.17, 15) is 13.9 Å². The Morgan fingerprint density at radius 3 is 2.79 bits per heavy atom. The predicted molar refractivity (Wildman–Crippen MR) is 90.4 cm³/mol. The first-order valence-corrected chi connectivity index (χ1v) is 8.63. The number of rotatable bonds is 10. The highest BCUT2D eigenvalue weighted by Crippen LogP contribution is 2.21. The molecule has 0 aliphatic rings. The summed E-state index contributed by atoms with van der Waals surface area (Å²) in [5, 5.41) is 13.0. The summed E-state index contributed by atoms with van der Waals surface area (Å²) in [5.41, 5.74) is 1.10. The summed E-state index contributed by atoms with van der Waals surface area (Å²) < 4.78 is 35.2. The molecule has 7 heteroatoms. The third-order valence-electron chi connectivity index (χ3n) is 3.18. The SMILES string of the molecule is Cc1cccc(OCC(O)CNCc2ccc(CSC(F)F)o2)c1. The minimum Gasteiger partial charge on any atom is -0.491 e. The minimum atomic E-state index is -2.40. The third-order valence-corrected chi connectivity index (χ3v) is 3.88. The lowest BCUT2D eigenvalue weighted by Gasteiger charge is -2.13. The van der Waals surface area contributed by atoms with Crippen LogP contribution in [0.15, 0.2) is 40.8 Å². The van der Waals surface area contributed by atoms with Crippen LogP contribution in [-0.2, 0) is 12.3 Å². The molecule has 0 bridgehead atoms. The molecule has 0 fully saturated rings. The number of aliphatic hydroxyl groups is 1. The van der Waals surface area contributed by atoms with E-state index in [1.807, 2.05) is 31.2 Å². The van der Waals surface area contributed by atoms with Crippen molar-refractivity contribution in [1.29, 1.82) is 0 Å². The van der Waals surface area contributed by atoms with E-state index < -0.39 is 11.9 Å². The number of benzene rings is 1. The van der Waals surface area contributed by atoms with E-state index in [0.29, 0.717) is 36.4 Å². The lowest BCUT2D eigenvalue weighted by atomic mass is 10.2. The highest BCUT2D eigenvalue weighted by molar-refractivity contribution is 7.98. The highest BCUT2D eigenvalue weighted by atomic mass is 32.2. The number of nitrogens with one attached hydrogen (secondary N) is 1. The molecule has 0 aliphatic heterocycles. The molecule has 24 heavy (non-hydrogen) atoms. The maximum atomic E-state index is 12.1. The molecule has 0 amide bonds. The topological polar surface area (TPSA) is 54.6 Å². The van der Waals surface area contributed by atoms with Crippen LogP contribution in [-0.4, -0.2) is 30.1 Å². The standard InChI is InChI=1S/C17H21F2NO3S/c1-12-3-2-4-14(7-12)22-10-13(21)8-20-9-15-5-6-16(23-15)11-24-17(18)19/h2-7,13,17,20-21H,8-11H2,1H3. The van der Waals surface area contributed by atoms with Gasteiger partial charge in [0.1, 0.15) is 30.0 Å². The molecular weight excluding hydrogens is 336 g/mol. The number of ether oxygens (including phenoxy) is 1. The Morgan fingerprint density at radius 2 is 2.04 bits per heavy atom. The van der Waals surface area contributed by atoms with Crippen LogP contribution in [0.1, 0.15) is 17.1 Å². The van der Waals surface area contributed by atoms with Crippen molar-refractivity contribution in [3.63, 3.8) is 0 Å². The predicted octanol–water partition coefficient (Wildman–Crippen LogP) is 3.57. The van der Waals surface area contributed by atoms with Crippen LogP contribution in [0.4, 0.5) is 8.78 Å². The number of hydrogen-bond acceptors (Lipinski definition) is 5. The van der Waals surface area contributed by atoms with Crippen LogP contribution in [0.5, 0.6) is 5.75 Å². The van der Waals surface area contributed by atoms with Crippen LogP contribution in [0.25, 0.3) is 0 Å². The minimum absolute atomic E-state index is 0.143. The van der Waals surface area contributed by atoms with E-state index in [0.717, 1.165) is 11.3 Å². The number of furan rings is 1. The van der Waals surface area contributed by atoms with E-state index in [2.05, 4.69) is 5.32 Å². The van der Waals surface area contributed by atoms with Crippen molar-refractivity contribution in [3.05, 3.63) is 53.5 Å². The second-order valence-corrected chi connectivity index (χ2v) is 6.33. The van der Waals surface area contributed by atoms with Gasteiger partial charge in [0.05, 0.1) is 12.3 Å². The molecular formula is C17H21F2NO3S. The number of halogens is 2. The fourth-order valence-electron chi connectivity index (χ4n) is 2.06. The molecule has 1 aromatic heterocycles. The van der Waals surface area contributed by atoms with Crippen molar-refractivity contribution in [3.8, 4) is 5.75 Å². The number of alkyl halides is 2. The maximum absolute atomic E-state index is 12.1. The van der Waals surface area contributed by atoms with Gasteiger partial charge in [-0.1, -0.05) is 23.9 Å². The normalized spacial score (nSPS) is 12.5. The molecule has 0 saturated heterocycles. The molecule has 2 rings (SSSR count). The summed E-state index contributed by atoms with van der Waals surface area (Å²) in [7, 11) is 0. The van der Waals surface area contributed by atoms with Crippen molar-refractivity contribution < 1.29 is 23.0 Å². The van der Waals surface area contributed by atoms with E-state index in [-0.39, 0.29) is 12.4 Å². The Labute approximate surface area is 144 Å². The van der Waals surface area contributed by atoms with Crippen molar-refractivity contribution in [2.45, 2.75) is 31.1 Å². The van der Waals surface area contributed by atoms with Gasteiger partial charge in [0.2, 0.25) is 0 Å². The van der Waals surface area contributed by atoms with Gasteiger partial charge in [-0.15, -0.1) is 0 Å². The zero-order valence-electron chi connectivity index (χ0n) is 13.4. The fourth-order valence-corrected chi connectivity index (χ4v) is 2.50. The van der Waals surface area contributed by atoms with Gasteiger partial charge in [-0.05, 0) is 36.8 Å². The molecule has 1 atom stereocenters. The summed E-state index contributed by atoms with van der Waals surface area (Å²) >= 11 is 0.528. The first-order chi connectivity index (χ1) is 11.5. The van der Waals surface area contributed by atoms with Crippen LogP contribution in [0.3, 0.4) is 0 Å². The van der Waals surface area contributed by atoms with E-state index in [1.54, 1.807) is 12.1 Å². The maximum Gasteiger partial charge on any atom is 0.284 e. The molecule has 0 aliphatic carbocycles. The van der Waals surface area contributed by atoms with Crippen LogP contribution < -0.4 is 10.1 Å². The molecule has 1 aromatic carbocycles. The summed E-state index contributed by atoms with van der Waals surface area (Å²) in [5.74, 6) is -0.376. The van der Waals surface area contributed by atoms with Gasteiger partial charge in [-0.2, -0.15) is 8.78 Å². The van der Waals surface area contributed by atoms with Gasteiger partial charge in [-0.25, -0.2) is 0 Å². The lowest BCUT2D eigenvalue weighted by molar-refractivity contribution is 0.105. The molecule has 0 radical (unpaired) electrons. The highest BCUT2D eigenvalue weighted by Gasteiger charge is 2.09. The Balaban J connectivity index is 1.64. The molecule has 1 unspecified atom stereocenters. The second-order valence-electron chi connectivity index (χ2n) is 5.35. The first-order valence-electron chi connectivity index (χ1n) is 7.58. The largest absolute Gasteiger partial charge is 0.491 e. The average Bonchev–Trinajstić information content (AvgIpc) is 2.99. The van der Waals surface area contributed by atoms with Gasteiger partial charge >= 0.3 is 0 Å². The number of aryl methyl sites for hydroxylation is 1. The van der Waals surface area contributed by atoms with Crippen molar-refractivity contribution >= 4 is 11.8 Å². The zero-order valence-corrected chi connectivity index (χ0v) is 14.2. The molecule has 0 spiro atoms. The Kier molecular flexibility index (Phi) is 7.55. The fraction of sp³-hybridized carbons (Fsp3) is 0.412. The van der Waals surface area contributed by atoms with Gasteiger partial charge in [0.15, 0.2) is 0 Å². The molecule has 132 valence electrons. The van der Waals surface area contributed by atoms with E-state index in [4.69, 9.17) is 9.15 Å². The number of aliphatic hydroxyl groups excluding tert-OH is 1. The van der Waals surface area contributed by atoms with E-state index in [1.165, 1.54) is 0 Å². The van der Waals surface area contributed by atoms with Gasteiger partial charge in [-0.3, -0.25) is 0 Å². The van der Waals surface area contributed by atoms with Gasteiger partial charge in [0, 0.05) is 6.54 Å². The summed E-state index contributed by atoms with van der Waals surface area (Å²) in [6.45, 7) is 2.92. The molecule has 2 aromatic rings. The Morgan fingerprint density at radius 1 is 1.25 bits per heavy atom. The molecule has 4 nitrogen and oxygen atoms in total. The monoisotopic (exact) mass is 357 g/mol. The number of hydrogen-bond donors (Lipinski definition) is 2. The Hall–Kier alpha value is -1.57. The third kappa shape index (κ3) is 6.90. The van der Waals surface area contributed by atoms with Gasteiger partial charge < -0.3 is 19.6 Å². The Bertz CT molecular complexity index is 621. The summed E-state index contributed by atoms with van der Waals surface area (Å²) in [6.07, 6.45) is -0.658. The zero-order chi connectivity index (χ0) is 17.4. The first kappa shape index (κ1) is 18.8. The second kappa shape index (κ2) is 9.66. The number of thioether (sulfide) groups is 1. The quantitative estimate of drug-likeness (QED) is 0.681. The van der Waals surface area contributed by atoms with Crippen molar-refractivity contribution in [2.75, 3.05) is 13.2 Å². The summed E-state index contributed by atoms with van der Waals surface area (Å²) in [4.78, 5) is 0. The molecule has 1 heterocycles. The van der Waals surface area contributed by atoms with Crippen LogP contribution in [0.2, 0.25) is 0 Å². The summed E-state index contributed by atoms with van der Waals surface area (Å²) in [6, 6.07) is 11.0. The van der Waals surface area contributed by atoms with Crippen molar-refractivity contribution in [2.24, 2.45) is 0 Å². The van der Waals surface area contributed by atoms with Gasteiger partial charge in [0.25, 0.3) is 5.76 Å². The molecule has 2 N–H and O–H groups in total. The smallest absolute Gasteiger partial charge is 0.284 e. The average molecular weight is 357 g/mol.